The maximum absolute atomic E-state index is 13.3. The zero-order chi connectivity index (χ0) is 19.7. The van der Waals surface area contributed by atoms with Gasteiger partial charge in [-0.15, -0.1) is 11.8 Å². The van der Waals surface area contributed by atoms with Crippen molar-refractivity contribution in [2.24, 2.45) is 5.16 Å². The third-order valence-electron chi connectivity index (χ3n) is 4.68. The van der Waals surface area contributed by atoms with Gasteiger partial charge >= 0.3 is 0 Å². The SMILES string of the molecule is Cc1c(/C=N/Oc2ccc(F)c(F)c2)c2cc(O)ccc2n1CC1=CCCS1. The largest absolute Gasteiger partial charge is 0.508 e. The summed E-state index contributed by atoms with van der Waals surface area (Å²) in [5.41, 5.74) is 2.77. The Morgan fingerprint density at radius 3 is 2.82 bits per heavy atom. The Kier molecular flexibility index (Phi) is 5.09. The van der Waals surface area contributed by atoms with Crippen LogP contribution in [0.25, 0.3) is 10.9 Å². The number of phenols is 1. The molecule has 144 valence electrons. The second-order valence-electron chi connectivity index (χ2n) is 6.50. The maximum Gasteiger partial charge on any atom is 0.162 e. The van der Waals surface area contributed by atoms with E-state index in [4.69, 9.17) is 4.84 Å². The van der Waals surface area contributed by atoms with Gasteiger partial charge in [0, 0.05) is 38.9 Å². The molecule has 2 heterocycles. The molecule has 0 radical (unpaired) electrons. The summed E-state index contributed by atoms with van der Waals surface area (Å²) in [5, 5.41) is 14.7. The number of halogens is 2. The molecule has 0 spiro atoms. The van der Waals surface area contributed by atoms with Gasteiger partial charge in [-0.2, -0.15) is 0 Å². The van der Waals surface area contributed by atoms with Crippen LogP contribution < -0.4 is 4.84 Å². The molecular formula is C21H18F2N2O2S. The van der Waals surface area contributed by atoms with Gasteiger partial charge in [0.2, 0.25) is 0 Å². The van der Waals surface area contributed by atoms with Crippen LogP contribution in [0.1, 0.15) is 17.7 Å². The lowest BCUT2D eigenvalue weighted by atomic mass is 10.1. The van der Waals surface area contributed by atoms with Crippen LogP contribution in [0.5, 0.6) is 11.5 Å². The molecule has 2 aromatic carbocycles. The van der Waals surface area contributed by atoms with Crippen LogP contribution in [0, 0.1) is 18.6 Å². The van der Waals surface area contributed by atoms with Crippen LogP contribution in [-0.2, 0) is 6.54 Å². The smallest absolute Gasteiger partial charge is 0.162 e. The molecule has 0 aliphatic carbocycles. The molecule has 1 aliphatic rings. The minimum absolute atomic E-state index is 0.104. The van der Waals surface area contributed by atoms with E-state index in [1.807, 2.05) is 24.8 Å². The van der Waals surface area contributed by atoms with Crippen molar-refractivity contribution in [3.05, 3.63) is 70.3 Å². The van der Waals surface area contributed by atoms with Crippen molar-refractivity contribution in [2.45, 2.75) is 19.9 Å². The van der Waals surface area contributed by atoms with E-state index in [0.717, 1.165) is 53.0 Å². The number of thioether (sulfide) groups is 1. The van der Waals surface area contributed by atoms with E-state index in [-0.39, 0.29) is 11.5 Å². The number of rotatable bonds is 5. The standard InChI is InChI=1S/C21H18F2N2O2S/c1-13-18(11-24-27-15-5-6-19(22)20(23)10-15)17-9-14(26)4-7-21(17)25(13)12-16-3-2-8-28-16/h3-7,9-11,26H,2,8,12H2,1H3/b24-11+. The summed E-state index contributed by atoms with van der Waals surface area (Å²) in [6, 6.07) is 8.47. The summed E-state index contributed by atoms with van der Waals surface area (Å²) in [6.07, 6.45) is 4.86. The molecule has 1 aliphatic heterocycles. The Morgan fingerprint density at radius 2 is 2.07 bits per heavy atom. The predicted octanol–water partition coefficient (Wildman–Crippen LogP) is 5.37. The van der Waals surface area contributed by atoms with Gasteiger partial charge in [-0.1, -0.05) is 11.2 Å². The Morgan fingerprint density at radius 1 is 1.21 bits per heavy atom. The van der Waals surface area contributed by atoms with Gasteiger partial charge in [0.25, 0.3) is 0 Å². The maximum atomic E-state index is 13.3. The predicted molar refractivity (Wildman–Crippen MR) is 108 cm³/mol. The number of allylic oxidation sites excluding steroid dienone is 2. The average molecular weight is 400 g/mol. The van der Waals surface area contributed by atoms with Crippen molar-refractivity contribution in [3.63, 3.8) is 0 Å². The van der Waals surface area contributed by atoms with Crippen molar-refractivity contribution in [2.75, 3.05) is 5.75 Å². The van der Waals surface area contributed by atoms with Crippen LogP contribution in [0.3, 0.4) is 0 Å². The third kappa shape index (κ3) is 3.62. The molecule has 0 amide bonds. The summed E-state index contributed by atoms with van der Waals surface area (Å²) < 4.78 is 28.5. The van der Waals surface area contributed by atoms with Gasteiger partial charge in [-0.05, 0) is 43.7 Å². The minimum Gasteiger partial charge on any atom is -0.508 e. The zero-order valence-electron chi connectivity index (χ0n) is 15.2. The number of fused-ring (bicyclic) bond motifs is 1. The number of aromatic nitrogens is 1. The monoisotopic (exact) mass is 400 g/mol. The molecule has 0 bridgehead atoms. The minimum atomic E-state index is -0.993. The molecule has 1 aromatic heterocycles. The summed E-state index contributed by atoms with van der Waals surface area (Å²) >= 11 is 1.85. The van der Waals surface area contributed by atoms with E-state index in [9.17, 15) is 13.9 Å². The lowest BCUT2D eigenvalue weighted by Gasteiger charge is -2.09. The van der Waals surface area contributed by atoms with E-state index in [1.54, 1.807) is 12.1 Å². The molecule has 1 N–H and O–H groups in total. The van der Waals surface area contributed by atoms with Crippen molar-refractivity contribution in [1.82, 2.24) is 4.57 Å². The third-order valence-corrected chi connectivity index (χ3v) is 5.78. The Bertz CT molecular complexity index is 1110. The number of aromatic hydroxyl groups is 1. The van der Waals surface area contributed by atoms with Crippen molar-refractivity contribution < 1.29 is 18.7 Å². The van der Waals surface area contributed by atoms with Gasteiger partial charge in [0.15, 0.2) is 17.4 Å². The van der Waals surface area contributed by atoms with Gasteiger partial charge in [0.1, 0.15) is 5.75 Å². The quantitative estimate of drug-likeness (QED) is 0.463. The van der Waals surface area contributed by atoms with E-state index in [1.165, 1.54) is 17.2 Å². The van der Waals surface area contributed by atoms with Crippen molar-refractivity contribution in [1.29, 1.82) is 0 Å². The van der Waals surface area contributed by atoms with Crippen LogP contribution in [-0.4, -0.2) is 21.6 Å². The van der Waals surface area contributed by atoms with Gasteiger partial charge < -0.3 is 14.5 Å². The topological polar surface area (TPSA) is 46.8 Å². The van der Waals surface area contributed by atoms with Crippen LogP contribution in [0.15, 0.2) is 52.5 Å². The highest BCUT2D eigenvalue weighted by Gasteiger charge is 2.16. The molecular weight excluding hydrogens is 382 g/mol. The summed E-state index contributed by atoms with van der Waals surface area (Å²) in [5.74, 6) is -0.565. The number of oxime groups is 1. The molecule has 0 unspecified atom stereocenters. The number of hydrogen-bond acceptors (Lipinski definition) is 4. The molecule has 28 heavy (non-hydrogen) atoms. The lowest BCUT2D eigenvalue weighted by molar-refractivity contribution is 0.340. The zero-order valence-corrected chi connectivity index (χ0v) is 16.0. The van der Waals surface area contributed by atoms with E-state index < -0.39 is 11.6 Å². The fourth-order valence-electron chi connectivity index (χ4n) is 3.27. The second-order valence-corrected chi connectivity index (χ2v) is 7.72. The first kappa shape index (κ1) is 18.6. The highest BCUT2D eigenvalue weighted by molar-refractivity contribution is 8.03. The van der Waals surface area contributed by atoms with Gasteiger partial charge in [0.05, 0.1) is 12.8 Å². The molecule has 4 nitrogen and oxygen atoms in total. The first-order valence-electron chi connectivity index (χ1n) is 8.82. The molecule has 0 saturated heterocycles. The second kappa shape index (κ2) is 7.67. The Hall–Kier alpha value is -2.80. The number of nitrogens with zero attached hydrogens (tertiary/aromatic N) is 2. The van der Waals surface area contributed by atoms with Crippen LogP contribution in [0.2, 0.25) is 0 Å². The van der Waals surface area contributed by atoms with E-state index in [0.29, 0.717) is 0 Å². The first-order chi connectivity index (χ1) is 13.5. The Labute approximate surface area is 165 Å². The van der Waals surface area contributed by atoms with E-state index >= 15 is 0 Å². The molecule has 7 heteroatoms. The van der Waals surface area contributed by atoms with Crippen molar-refractivity contribution in [3.8, 4) is 11.5 Å². The highest BCUT2D eigenvalue weighted by Crippen LogP contribution is 2.32. The number of hydrogen-bond donors (Lipinski definition) is 1. The van der Waals surface area contributed by atoms with Crippen molar-refractivity contribution >= 4 is 28.9 Å². The number of benzene rings is 2. The molecule has 4 rings (SSSR count). The van der Waals surface area contributed by atoms with Gasteiger partial charge in [-0.25, -0.2) is 8.78 Å². The number of phenolic OH excluding ortho intramolecular Hbond substituents is 1. The molecule has 0 fully saturated rings. The normalized spacial score (nSPS) is 14.2. The molecule has 0 atom stereocenters. The first-order valence-corrected chi connectivity index (χ1v) is 9.80. The van der Waals surface area contributed by atoms with Crippen LogP contribution >= 0.6 is 11.8 Å². The van der Waals surface area contributed by atoms with Crippen LogP contribution in [0.4, 0.5) is 8.78 Å². The summed E-state index contributed by atoms with van der Waals surface area (Å²) in [4.78, 5) is 6.51. The van der Waals surface area contributed by atoms with E-state index in [2.05, 4.69) is 15.8 Å². The average Bonchev–Trinajstić information content (AvgIpc) is 3.27. The highest BCUT2D eigenvalue weighted by atomic mass is 32.2. The lowest BCUT2D eigenvalue weighted by Crippen LogP contribution is -2.01. The molecule has 0 saturated carbocycles. The fraction of sp³-hybridized carbons (Fsp3) is 0.190. The molecule has 3 aromatic rings. The fourth-order valence-corrected chi connectivity index (χ4v) is 4.23. The summed E-state index contributed by atoms with van der Waals surface area (Å²) in [7, 11) is 0. The Balaban J connectivity index is 1.68. The van der Waals surface area contributed by atoms with Gasteiger partial charge in [-0.3, -0.25) is 0 Å². The summed E-state index contributed by atoms with van der Waals surface area (Å²) in [6.45, 7) is 2.74.